The molecule has 2 fully saturated rings. The lowest BCUT2D eigenvalue weighted by Gasteiger charge is -2.34. The van der Waals surface area contributed by atoms with Crippen LogP contribution in [0, 0.1) is 0 Å². The van der Waals surface area contributed by atoms with Crippen LogP contribution in [0.15, 0.2) is 59.5 Å². The van der Waals surface area contributed by atoms with Gasteiger partial charge >= 0.3 is 0 Å². The summed E-state index contributed by atoms with van der Waals surface area (Å²) in [6.07, 6.45) is 1.73. The van der Waals surface area contributed by atoms with Crippen LogP contribution in [0.2, 0.25) is 0 Å². The van der Waals surface area contributed by atoms with E-state index in [0.717, 1.165) is 18.4 Å². The fraction of sp³-hybridized carbons (Fsp3) is 0.409. The second-order valence-electron chi connectivity index (χ2n) is 8.07. The molecule has 2 aromatic carbocycles. The van der Waals surface area contributed by atoms with E-state index in [9.17, 15) is 21.6 Å². The van der Waals surface area contributed by atoms with Gasteiger partial charge in [-0.15, -0.1) is 0 Å². The Morgan fingerprint density at radius 1 is 0.719 bits per heavy atom. The second-order valence-corrected chi connectivity index (χ2v) is 12.0. The van der Waals surface area contributed by atoms with Crippen molar-refractivity contribution in [1.29, 1.82) is 0 Å². The molecule has 0 atom stereocenters. The smallest absolute Gasteiger partial charge is 0.253 e. The molecular weight excluding hydrogens is 450 g/mol. The van der Waals surface area contributed by atoms with Gasteiger partial charge < -0.3 is 4.90 Å². The zero-order valence-corrected chi connectivity index (χ0v) is 19.4. The van der Waals surface area contributed by atoms with Crippen LogP contribution in [0.4, 0.5) is 0 Å². The number of rotatable bonds is 6. The Balaban J connectivity index is 1.37. The summed E-state index contributed by atoms with van der Waals surface area (Å²) in [5.41, 5.74) is 1.13. The van der Waals surface area contributed by atoms with Gasteiger partial charge in [0.25, 0.3) is 5.91 Å². The van der Waals surface area contributed by atoms with Gasteiger partial charge in [-0.1, -0.05) is 30.3 Å². The normalized spacial score (nSPS) is 18.7. The van der Waals surface area contributed by atoms with E-state index in [1.807, 2.05) is 18.2 Å². The van der Waals surface area contributed by atoms with Crippen LogP contribution in [0.3, 0.4) is 0 Å². The third-order valence-corrected chi connectivity index (χ3v) is 9.68. The van der Waals surface area contributed by atoms with E-state index in [-0.39, 0.29) is 29.6 Å². The Morgan fingerprint density at radius 2 is 1.31 bits per heavy atom. The molecule has 0 aromatic heterocycles. The maximum absolute atomic E-state index is 12.9. The van der Waals surface area contributed by atoms with Crippen molar-refractivity contribution >= 4 is 26.0 Å². The molecule has 8 nitrogen and oxygen atoms in total. The highest BCUT2D eigenvalue weighted by Crippen LogP contribution is 2.22. The Hall–Kier alpha value is -2.27. The molecule has 2 aromatic rings. The molecule has 2 aliphatic rings. The lowest BCUT2D eigenvalue weighted by atomic mass is 10.2. The number of sulfonamides is 2. The molecule has 32 heavy (non-hydrogen) atoms. The van der Waals surface area contributed by atoms with Crippen molar-refractivity contribution in [2.45, 2.75) is 23.5 Å². The van der Waals surface area contributed by atoms with Crippen molar-refractivity contribution in [3.05, 3.63) is 65.7 Å². The van der Waals surface area contributed by atoms with E-state index in [1.165, 1.54) is 32.9 Å². The van der Waals surface area contributed by atoms with Gasteiger partial charge in [0.2, 0.25) is 20.0 Å². The van der Waals surface area contributed by atoms with Gasteiger partial charge in [-0.2, -0.15) is 8.61 Å². The van der Waals surface area contributed by atoms with E-state index < -0.39 is 20.0 Å². The molecule has 0 aliphatic carbocycles. The predicted octanol–water partition coefficient (Wildman–Crippen LogP) is 1.76. The summed E-state index contributed by atoms with van der Waals surface area (Å²) < 4.78 is 53.6. The molecule has 2 aliphatic heterocycles. The molecule has 0 N–H and O–H groups in total. The highest BCUT2D eigenvalue weighted by Gasteiger charge is 2.30. The molecule has 4 rings (SSSR count). The summed E-state index contributed by atoms with van der Waals surface area (Å²) in [7, 11) is -6.98. The fourth-order valence-corrected chi connectivity index (χ4v) is 7.11. The lowest BCUT2D eigenvalue weighted by Crippen LogP contribution is -2.50. The quantitative estimate of drug-likeness (QED) is 0.632. The Labute approximate surface area is 189 Å². The third kappa shape index (κ3) is 4.88. The number of carbonyl (C=O) groups excluding carboxylic acids is 1. The number of nitrogens with zero attached hydrogens (tertiary/aromatic N) is 3. The molecule has 0 saturated carbocycles. The Bertz CT molecular complexity index is 1150. The van der Waals surface area contributed by atoms with Gasteiger partial charge in [-0.25, -0.2) is 16.8 Å². The number of amides is 1. The van der Waals surface area contributed by atoms with Crippen LogP contribution in [-0.2, 0) is 25.8 Å². The Morgan fingerprint density at radius 3 is 1.91 bits per heavy atom. The SMILES string of the molecule is O=C(c1ccc(S(=O)(=O)N2CCCC2)cc1)N1CCN(S(=O)(=O)Cc2ccccc2)CC1. The largest absolute Gasteiger partial charge is 0.336 e. The summed E-state index contributed by atoms with van der Waals surface area (Å²) in [6, 6.07) is 15.0. The number of piperazine rings is 1. The molecule has 0 bridgehead atoms. The molecule has 0 spiro atoms. The zero-order valence-electron chi connectivity index (χ0n) is 17.8. The van der Waals surface area contributed by atoms with Crippen LogP contribution in [0.5, 0.6) is 0 Å². The van der Waals surface area contributed by atoms with E-state index >= 15 is 0 Å². The van der Waals surface area contributed by atoms with Gasteiger partial charge in [0.05, 0.1) is 10.6 Å². The number of benzene rings is 2. The van der Waals surface area contributed by atoms with Crippen molar-refractivity contribution in [2.24, 2.45) is 0 Å². The molecule has 0 unspecified atom stereocenters. The van der Waals surface area contributed by atoms with E-state index in [4.69, 9.17) is 0 Å². The molecule has 2 saturated heterocycles. The average Bonchev–Trinajstić information content (AvgIpc) is 3.35. The van der Waals surface area contributed by atoms with E-state index in [0.29, 0.717) is 31.7 Å². The summed E-state index contributed by atoms with van der Waals surface area (Å²) in [5, 5.41) is 0. The third-order valence-electron chi connectivity index (χ3n) is 5.92. The minimum absolute atomic E-state index is 0.0608. The number of hydrogen-bond donors (Lipinski definition) is 0. The van der Waals surface area contributed by atoms with Gasteiger partial charge in [0.15, 0.2) is 0 Å². The van der Waals surface area contributed by atoms with Crippen LogP contribution in [0.1, 0.15) is 28.8 Å². The van der Waals surface area contributed by atoms with Crippen molar-refractivity contribution < 1.29 is 21.6 Å². The first-order valence-electron chi connectivity index (χ1n) is 10.7. The molecule has 2 heterocycles. The van der Waals surface area contributed by atoms with Gasteiger partial charge in [-0.05, 0) is 42.7 Å². The first kappa shape index (κ1) is 22.9. The highest BCUT2D eigenvalue weighted by molar-refractivity contribution is 7.89. The van der Waals surface area contributed by atoms with Crippen LogP contribution in [0.25, 0.3) is 0 Å². The number of hydrogen-bond acceptors (Lipinski definition) is 5. The maximum atomic E-state index is 12.9. The first-order chi connectivity index (χ1) is 15.3. The van der Waals surface area contributed by atoms with Crippen LogP contribution < -0.4 is 0 Å². The van der Waals surface area contributed by atoms with E-state index in [2.05, 4.69) is 0 Å². The highest BCUT2D eigenvalue weighted by atomic mass is 32.2. The van der Waals surface area contributed by atoms with Gasteiger partial charge in [0, 0.05) is 44.8 Å². The molecule has 10 heteroatoms. The van der Waals surface area contributed by atoms with Crippen molar-refractivity contribution in [3.8, 4) is 0 Å². The topological polar surface area (TPSA) is 95.1 Å². The zero-order chi connectivity index (χ0) is 22.8. The minimum Gasteiger partial charge on any atom is -0.336 e. The summed E-state index contributed by atoms with van der Waals surface area (Å²) in [6.45, 7) is 2.12. The standard InChI is InChI=1S/C22H27N3O5S2/c26-22(20-8-10-21(11-9-20)32(29,30)25-12-4-5-13-25)23-14-16-24(17-15-23)31(27,28)18-19-6-2-1-3-7-19/h1-3,6-11H,4-5,12-18H2. The maximum Gasteiger partial charge on any atom is 0.253 e. The molecule has 0 radical (unpaired) electrons. The Kier molecular flexibility index (Phi) is 6.66. The minimum atomic E-state index is -3.52. The van der Waals surface area contributed by atoms with E-state index in [1.54, 1.807) is 17.0 Å². The van der Waals surface area contributed by atoms with Gasteiger partial charge in [-0.3, -0.25) is 4.79 Å². The number of carbonyl (C=O) groups is 1. The van der Waals surface area contributed by atoms with Crippen molar-refractivity contribution in [3.63, 3.8) is 0 Å². The summed E-state index contributed by atoms with van der Waals surface area (Å²) >= 11 is 0. The average molecular weight is 478 g/mol. The molecule has 172 valence electrons. The van der Waals surface area contributed by atoms with Crippen LogP contribution >= 0.6 is 0 Å². The summed E-state index contributed by atoms with van der Waals surface area (Å²) in [4.78, 5) is 14.7. The lowest BCUT2D eigenvalue weighted by molar-refractivity contribution is 0.0697. The van der Waals surface area contributed by atoms with Crippen molar-refractivity contribution in [2.75, 3.05) is 39.3 Å². The van der Waals surface area contributed by atoms with Crippen molar-refractivity contribution in [1.82, 2.24) is 13.5 Å². The van der Waals surface area contributed by atoms with Crippen LogP contribution in [-0.4, -0.2) is 75.5 Å². The molecule has 1 amide bonds. The summed E-state index contributed by atoms with van der Waals surface area (Å²) in [5.74, 6) is -0.287. The molecular formula is C22H27N3O5S2. The second kappa shape index (κ2) is 9.30. The first-order valence-corrected chi connectivity index (χ1v) is 13.7. The predicted molar refractivity (Wildman–Crippen MR) is 121 cm³/mol. The van der Waals surface area contributed by atoms with Gasteiger partial charge in [0.1, 0.15) is 0 Å². The monoisotopic (exact) mass is 477 g/mol. The fourth-order valence-electron chi connectivity index (χ4n) is 4.08.